The van der Waals surface area contributed by atoms with Gasteiger partial charge in [0, 0.05) is 13.0 Å². The first kappa shape index (κ1) is 30.7. The van der Waals surface area contributed by atoms with Crippen molar-refractivity contribution in [1.82, 2.24) is 15.5 Å². The maximum Gasteiger partial charge on any atom is 0.407 e. The van der Waals surface area contributed by atoms with Gasteiger partial charge in [-0.2, -0.15) is 0 Å². The number of ether oxygens (including phenoxy) is 2. The van der Waals surface area contributed by atoms with E-state index in [1.807, 2.05) is 50.2 Å². The SMILES string of the molecule is COC(=O)[C@H](C(C)C)N(C)C(=O)C(C)(C)NC(=O)[C@@H](NC(=O)OCC1c2ccccc2-c2ccccc21)C(C)C. The molecule has 1 aliphatic rings. The van der Waals surface area contributed by atoms with E-state index in [1.54, 1.807) is 27.7 Å². The highest BCUT2D eigenvalue weighted by Crippen LogP contribution is 2.44. The van der Waals surface area contributed by atoms with Crippen LogP contribution in [0.3, 0.4) is 0 Å². The third-order valence-corrected chi connectivity index (χ3v) is 7.35. The molecule has 0 saturated carbocycles. The molecule has 9 nitrogen and oxygen atoms in total. The molecule has 0 aromatic heterocycles. The van der Waals surface area contributed by atoms with Crippen molar-refractivity contribution in [3.05, 3.63) is 59.7 Å². The van der Waals surface area contributed by atoms with E-state index in [2.05, 4.69) is 22.8 Å². The normalized spacial score (nSPS) is 14.2. The number of esters is 1. The number of methoxy groups -OCH3 is 1. The van der Waals surface area contributed by atoms with Gasteiger partial charge in [-0.1, -0.05) is 76.2 Å². The highest BCUT2D eigenvalue weighted by atomic mass is 16.5. The Morgan fingerprint density at radius 3 is 1.90 bits per heavy atom. The Morgan fingerprint density at radius 2 is 1.43 bits per heavy atom. The van der Waals surface area contributed by atoms with Gasteiger partial charge in [0.2, 0.25) is 11.8 Å². The second kappa shape index (κ2) is 12.5. The van der Waals surface area contributed by atoms with Gasteiger partial charge in [-0.3, -0.25) is 9.59 Å². The fraction of sp³-hybridized carbons (Fsp3) is 0.484. The van der Waals surface area contributed by atoms with Crippen molar-refractivity contribution in [2.24, 2.45) is 11.8 Å². The summed E-state index contributed by atoms with van der Waals surface area (Å²) < 4.78 is 10.5. The summed E-state index contributed by atoms with van der Waals surface area (Å²) >= 11 is 0. The van der Waals surface area contributed by atoms with Crippen LogP contribution in [0.15, 0.2) is 48.5 Å². The lowest BCUT2D eigenvalue weighted by atomic mass is 9.96. The van der Waals surface area contributed by atoms with Crippen LogP contribution in [-0.2, 0) is 23.9 Å². The first-order valence-corrected chi connectivity index (χ1v) is 13.6. The number of benzene rings is 2. The number of rotatable bonds is 10. The van der Waals surface area contributed by atoms with Crippen molar-refractivity contribution >= 4 is 23.9 Å². The number of nitrogens with zero attached hydrogens (tertiary/aromatic N) is 1. The van der Waals surface area contributed by atoms with Crippen LogP contribution in [0.2, 0.25) is 0 Å². The molecule has 2 atom stereocenters. The summed E-state index contributed by atoms with van der Waals surface area (Å²) in [6.45, 7) is 10.4. The Hall–Kier alpha value is -3.88. The number of amides is 3. The molecular formula is C31H41N3O6. The molecule has 9 heteroatoms. The Bertz CT molecular complexity index is 1210. The van der Waals surface area contributed by atoms with Crippen molar-refractivity contribution in [3.8, 4) is 11.1 Å². The monoisotopic (exact) mass is 551 g/mol. The Morgan fingerprint density at radius 1 is 0.900 bits per heavy atom. The average molecular weight is 552 g/mol. The molecule has 0 heterocycles. The van der Waals surface area contributed by atoms with E-state index in [1.165, 1.54) is 19.1 Å². The first-order chi connectivity index (χ1) is 18.8. The Kier molecular flexibility index (Phi) is 9.60. The number of fused-ring (bicyclic) bond motifs is 3. The van der Waals surface area contributed by atoms with Gasteiger partial charge in [-0.15, -0.1) is 0 Å². The number of carbonyl (C=O) groups excluding carboxylic acids is 4. The minimum absolute atomic E-state index is 0.111. The van der Waals surface area contributed by atoms with E-state index in [0.29, 0.717) is 0 Å². The summed E-state index contributed by atoms with van der Waals surface area (Å²) in [5, 5.41) is 5.42. The van der Waals surface area contributed by atoms with Crippen LogP contribution in [0, 0.1) is 11.8 Å². The van der Waals surface area contributed by atoms with Crippen LogP contribution in [0.1, 0.15) is 58.6 Å². The summed E-state index contributed by atoms with van der Waals surface area (Å²) in [5.74, 6) is -2.14. The Balaban J connectivity index is 1.67. The molecule has 2 N–H and O–H groups in total. The zero-order valence-corrected chi connectivity index (χ0v) is 24.6. The second-order valence-corrected chi connectivity index (χ2v) is 11.4. The predicted molar refractivity (Wildman–Crippen MR) is 152 cm³/mol. The molecule has 1 aliphatic carbocycles. The summed E-state index contributed by atoms with van der Waals surface area (Å²) in [5.41, 5.74) is 3.06. The highest BCUT2D eigenvalue weighted by Gasteiger charge is 2.40. The molecule has 0 spiro atoms. The maximum atomic E-state index is 13.3. The van der Waals surface area contributed by atoms with Gasteiger partial charge < -0.3 is 25.0 Å². The molecule has 3 rings (SSSR count). The topological polar surface area (TPSA) is 114 Å². The molecule has 0 radical (unpaired) electrons. The van der Waals surface area contributed by atoms with Crippen molar-refractivity contribution < 1.29 is 28.7 Å². The van der Waals surface area contributed by atoms with Crippen LogP contribution in [0.5, 0.6) is 0 Å². The van der Waals surface area contributed by atoms with Crippen molar-refractivity contribution in [2.75, 3.05) is 20.8 Å². The van der Waals surface area contributed by atoms with Gasteiger partial charge in [-0.05, 0) is 47.9 Å². The van der Waals surface area contributed by atoms with Gasteiger partial charge in [0.1, 0.15) is 24.2 Å². The molecule has 216 valence electrons. The van der Waals surface area contributed by atoms with Crippen molar-refractivity contribution in [1.29, 1.82) is 0 Å². The van der Waals surface area contributed by atoms with Crippen LogP contribution in [-0.4, -0.2) is 67.2 Å². The molecule has 0 saturated heterocycles. The van der Waals surface area contributed by atoms with E-state index >= 15 is 0 Å². The number of carbonyl (C=O) groups is 4. The van der Waals surface area contributed by atoms with Gasteiger partial charge in [0.15, 0.2) is 0 Å². The third kappa shape index (κ3) is 6.46. The second-order valence-electron chi connectivity index (χ2n) is 11.4. The molecule has 40 heavy (non-hydrogen) atoms. The van der Waals surface area contributed by atoms with E-state index in [9.17, 15) is 19.2 Å². The molecule has 0 bridgehead atoms. The van der Waals surface area contributed by atoms with Crippen molar-refractivity contribution in [3.63, 3.8) is 0 Å². The van der Waals surface area contributed by atoms with Crippen LogP contribution in [0.4, 0.5) is 4.79 Å². The quantitative estimate of drug-likeness (QED) is 0.430. The standard InChI is InChI=1S/C31H41N3O6/c1-18(2)25(27(35)33-31(5,6)29(37)34(7)26(19(3)4)28(36)39-8)32-30(38)40-17-24-22-15-11-9-13-20(22)21-14-10-12-16-23(21)24/h9-16,18-19,24-26H,17H2,1-8H3,(H,32,38)(H,33,35)/t25-,26-/m0/s1. The lowest BCUT2D eigenvalue weighted by molar-refractivity contribution is -0.156. The number of hydrogen-bond acceptors (Lipinski definition) is 6. The maximum absolute atomic E-state index is 13.3. The molecule has 0 aliphatic heterocycles. The lowest BCUT2D eigenvalue weighted by Crippen LogP contribution is -2.62. The van der Waals surface area contributed by atoms with Gasteiger partial charge in [-0.25, -0.2) is 9.59 Å². The molecular weight excluding hydrogens is 510 g/mol. The highest BCUT2D eigenvalue weighted by molar-refractivity contribution is 5.95. The summed E-state index contributed by atoms with van der Waals surface area (Å²) in [6, 6.07) is 14.3. The smallest absolute Gasteiger partial charge is 0.407 e. The Labute approximate surface area is 236 Å². The molecule has 0 unspecified atom stereocenters. The van der Waals surface area contributed by atoms with Gasteiger partial charge >= 0.3 is 12.1 Å². The lowest BCUT2D eigenvalue weighted by Gasteiger charge is -2.36. The predicted octanol–water partition coefficient (Wildman–Crippen LogP) is 4.10. The van der Waals surface area contributed by atoms with E-state index in [0.717, 1.165) is 22.3 Å². The molecule has 2 aromatic rings. The molecule has 0 fully saturated rings. The van der Waals surface area contributed by atoms with Gasteiger partial charge in [0.05, 0.1) is 7.11 Å². The van der Waals surface area contributed by atoms with Crippen LogP contribution in [0.25, 0.3) is 11.1 Å². The summed E-state index contributed by atoms with van der Waals surface area (Å²) in [6.07, 6.45) is -0.720. The molecule has 2 aromatic carbocycles. The number of alkyl carbamates (subject to hydrolysis) is 1. The van der Waals surface area contributed by atoms with Gasteiger partial charge in [0.25, 0.3) is 0 Å². The van der Waals surface area contributed by atoms with Crippen LogP contribution >= 0.6 is 0 Å². The minimum atomic E-state index is -1.36. The fourth-order valence-corrected chi connectivity index (χ4v) is 5.31. The van der Waals surface area contributed by atoms with Crippen LogP contribution < -0.4 is 10.6 Å². The minimum Gasteiger partial charge on any atom is -0.467 e. The summed E-state index contributed by atoms with van der Waals surface area (Å²) in [4.78, 5) is 53.1. The van der Waals surface area contributed by atoms with E-state index < -0.39 is 41.5 Å². The number of nitrogens with one attached hydrogen (secondary N) is 2. The zero-order valence-electron chi connectivity index (χ0n) is 24.6. The number of hydrogen-bond donors (Lipinski definition) is 2. The van der Waals surface area contributed by atoms with Crippen molar-refractivity contribution in [2.45, 2.75) is 65.1 Å². The largest absolute Gasteiger partial charge is 0.467 e. The first-order valence-electron chi connectivity index (χ1n) is 13.6. The average Bonchev–Trinajstić information content (AvgIpc) is 3.22. The summed E-state index contributed by atoms with van der Waals surface area (Å²) in [7, 11) is 2.78. The van der Waals surface area contributed by atoms with E-state index in [4.69, 9.17) is 9.47 Å². The zero-order chi connectivity index (χ0) is 29.8. The van der Waals surface area contributed by atoms with E-state index in [-0.39, 0.29) is 24.4 Å². The number of likely N-dealkylation sites (N-methyl/N-ethyl adjacent to an activating group) is 1. The fourth-order valence-electron chi connectivity index (χ4n) is 5.31. The molecule has 3 amide bonds. The third-order valence-electron chi connectivity index (χ3n) is 7.35.